The van der Waals surface area contributed by atoms with Crippen molar-refractivity contribution in [3.63, 3.8) is 0 Å². The van der Waals surface area contributed by atoms with Gasteiger partial charge in [0.2, 0.25) is 0 Å². The Morgan fingerprint density at radius 3 is 2.56 bits per heavy atom. The quantitative estimate of drug-likeness (QED) is 0.787. The predicted molar refractivity (Wildman–Crippen MR) is 62.5 cm³/mol. The minimum atomic E-state index is -0.557. The Hall–Kier alpha value is -0.670. The first-order valence-corrected chi connectivity index (χ1v) is 5.73. The SMILES string of the molecule is CC(C)C(Cl)CNCc1ccc(F)cc1F. The van der Waals surface area contributed by atoms with Gasteiger partial charge in [-0.05, 0) is 12.0 Å². The van der Waals surface area contributed by atoms with Crippen molar-refractivity contribution in [3.8, 4) is 0 Å². The Morgan fingerprint density at radius 1 is 1.31 bits per heavy atom. The Bertz CT molecular complexity index is 342. The van der Waals surface area contributed by atoms with Crippen molar-refractivity contribution < 1.29 is 8.78 Å². The van der Waals surface area contributed by atoms with Crippen molar-refractivity contribution in [3.05, 3.63) is 35.4 Å². The van der Waals surface area contributed by atoms with Crippen LogP contribution in [0.25, 0.3) is 0 Å². The van der Waals surface area contributed by atoms with Crippen LogP contribution >= 0.6 is 11.6 Å². The molecule has 1 rings (SSSR count). The summed E-state index contributed by atoms with van der Waals surface area (Å²) in [6.45, 7) is 5.02. The van der Waals surface area contributed by atoms with Crippen LogP contribution in [0.2, 0.25) is 0 Å². The van der Waals surface area contributed by atoms with E-state index in [9.17, 15) is 8.78 Å². The molecule has 0 fully saturated rings. The molecule has 1 unspecified atom stereocenters. The highest BCUT2D eigenvalue weighted by atomic mass is 35.5. The summed E-state index contributed by atoms with van der Waals surface area (Å²) in [6, 6.07) is 3.58. The van der Waals surface area contributed by atoms with Gasteiger partial charge in [0, 0.05) is 30.1 Å². The molecule has 0 saturated heterocycles. The Labute approximate surface area is 99.8 Å². The molecule has 1 aromatic carbocycles. The molecule has 1 N–H and O–H groups in total. The summed E-state index contributed by atoms with van der Waals surface area (Å²) in [6.07, 6.45) is 0. The van der Waals surface area contributed by atoms with E-state index in [0.29, 0.717) is 24.6 Å². The minimum Gasteiger partial charge on any atom is -0.311 e. The summed E-state index contributed by atoms with van der Waals surface area (Å²) in [7, 11) is 0. The number of alkyl halides is 1. The van der Waals surface area contributed by atoms with Crippen LogP contribution in [0.5, 0.6) is 0 Å². The fourth-order valence-corrected chi connectivity index (χ4v) is 1.35. The number of hydrogen-bond acceptors (Lipinski definition) is 1. The fourth-order valence-electron chi connectivity index (χ4n) is 1.25. The maximum Gasteiger partial charge on any atom is 0.130 e. The molecule has 0 radical (unpaired) electrons. The minimum absolute atomic E-state index is 0.0171. The first-order chi connectivity index (χ1) is 7.50. The second-order valence-electron chi connectivity index (χ2n) is 4.13. The van der Waals surface area contributed by atoms with E-state index in [1.54, 1.807) is 0 Å². The van der Waals surface area contributed by atoms with E-state index in [4.69, 9.17) is 11.6 Å². The monoisotopic (exact) mass is 247 g/mol. The van der Waals surface area contributed by atoms with Gasteiger partial charge in [-0.15, -0.1) is 11.6 Å². The van der Waals surface area contributed by atoms with Gasteiger partial charge in [-0.3, -0.25) is 0 Å². The van der Waals surface area contributed by atoms with Crippen LogP contribution < -0.4 is 5.32 Å². The molecule has 0 spiro atoms. The van der Waals surface area contributed by atoms with Crippen LogP contribution in [0.3, 0.4) is 0 Å². The Kier molecular flexibility index (Phi) is 5.16. The lowest BCUT2D eigenvalue weighted by molar-refractivity contribution is 0.529. The van der Waals surface area contributed by atoms with E-state index in [1.165, 1.54) is 12.1 Å². The standard InChI is InChI=1S/C12H16ClF2N/c1-8(2)11(13)7-16-6-9-3-4-10(14)5-12(9)15/h3-5,8,11,16H,6-7H2,1-2H3. The number of nitrogens with one attached hydrogen (secondary N) is 1. The van der Waals surface area contributed by atoms with E-state index in [-0.39, 0.29) is 5.38 Å². The summed E-state index contributed by atoms with van der Waals surface area (Å²) in [5, 5.41) is 3.07. The van der Waals surface area contributed by atoms with Crippen LogP contribution in [-0.2, 0) is 6.54 Å². The van der Waals surface area contributed by atoms with Crippen molar-refractivity contribution in [2.24, 2.45) is 5.92 Å². The highest BCUT2D eigenvalue weighted by Gasteiger charge is 2.09. The molecule has 0 bridgehead atoms. The van der Waals surface area contributed by atoms with E-state index in [0.717, 1.165) is 6.07 Å². The molecule has 16 heavy (non-hydrogen) atoms. The molecule has 1 aromatic rings. The van der Waals surface area contributed by atoms with Crippen molar-refractivity contribution in [2.45, 2.75) is 25.8 Å². The summed E-state index contributed by atoms with van der Waals surface area (Å²) < 4.78 is 25.8. The lowest BCUT2D eigenvalue weighted by atomic mass is 10.1. The Balaban J connectivity index is 2.43. The zero-order chi connectivity index (χ0) is 12.1. The average Bonchev–Trinajstić information content (AvgIpc) is 2.20. The van der Waals surface area contributed by atoms with Crippen molar-refractivity contribution in [2.75, 3.05) is 6.54 Å². The summed E-state index contributed by atoms with van der Waals surface area (Å²) >= 11 is 6.03. The predicted octanol–water partition coefficient (Wildman–Crippen LogP) is 3.32. The van der Waals surface area contributed by atoms with E-state index in [2.05, 4.69) is 5.32 Å². The summed E-state index contributed by atoms with van der Waals surface area (Å²) in [5.74, 6) is -0.714. The molecule has 0 aliphatic rings. The molecule has 1 atom stereocenters. The smallest absolute Gasteiger partial charge is 0.130 e. The average molecular weight is 248 g/mol. The molecule has 0 heterocycles. The number of benzene rings is 1. The third-order valence-corrected chi connectivity index (χ3v) is 3.05. The summed E-state index contributed by atoms with van der Waals surface area (Å²) in [5.41, 5.74) is 0.453. The van der Waals surface area contributed by atoms with Gasteiger partial charge in [-0.2, -0.15) is 0 Å². The van der Waals surface area contributed by atoms with Gasteiger partial charge in [0.05, 0.1) is 0 Å². The van der Waals surface area contributed by atoms with Gasteiger partial charge in [-0.25, -0.2) is 8.78 Å². The van der Waals surface area contributed by atoms with Crippen LogP contribution in [0, 0.1) is 17.6 Å². The molecule has 90 valence electrons. The molecule has 0 aliphatic carbocycles. The zero-order valence-corrected chi connectivity index (χ0v) is 10.2. The third kappa shape index (κ3) is 4.06. The highest BCUT2D eigenvalue weighted by molar-refractivity contribution is 6.20. The molecular weight excluding hydrogens is 232 g/mol. The van der Waals surface area contributed by atoms with Gasteiger partial charge in [-0.1, -0.05) is 19.9 Å². The molecule has 4 heteroatoms. The van der Waals surface area contributed by atoms with Crippen LogP contribution in [-0.4, -0.2) is 11.9 Å². The fraction of sp³-hybridized carbons (Fsp3) is 0.500. The third-order valence-electron chi connectivity index (χ3n) is 2.39. The molecule has 0 aromatic heterocycles. The lowest BCUT2D eigenvalue weighted by Gasteiger charge is -2.14. The normalized spacial score (nSPS) is 13.1. The lowest BCUT2D eigenvalue weighted by Crippen LogP contribution is -2.26. The molecule has 0 aliphatic heterocycles. The first kappa shape index (κ1) is 13.4. The van der Waals surface area contributed by atoms with Gasteiger partial charge in [0.15, 0.2) is 0 Å². The Morgan fingerprint density at radius 2 is 2.00 bits per heavy atom. The highest BCUT2D eigenvalue weighted by Crippen LogP contribution is 2.11. The molecule has 1 nitrogen and oxygen atoms in total. The van der Waals surface area contributed by atoms with Gasteiger partial charge >= 0.3 is 0 Å². The van der Waals surface area contributed by atoms with Gasteiger partial charge < -0.3 is 5.32 Å². The maximum atomic E-state index is 13.2. The van der Waals surface area contributed by atoms with Crippen LogP contribution in [0.15, 0.2) is 18.2 Å². The number of halogens is 3. The molecular formula is C12H16ClF2N. The van der Waals surface area contributed by atoms with Crippen molar-refractivity contribution in [1.82, 2.24) is 5.32 Å². The van der Waals surface area contributed by atoms with Gasteiger partial charge in [0.25, 0.3) is 0 Å². The maximum absolute atomic E-state index is 13.2. The molecule has 0 amide bonds. The van der Waals surface area contributed by atoms with E-state index < -0.39 is 11.6 Å². The molecule has 0 saturated carbocycles. The van der Waals surface area contributed by atoms with Crippen molar-refractivity contribution >= 4 is 11.6 Å². The number of rotatable bonds is 5. The summed E-state index contributed by atoms with van der Waals surface area (Å²) in [4.78, 5) is 0. The largest absolute Gasteiger partial charge is 0.311 e. The van der Waals surface area contributed by atoms with E-state index in [1.807, 2.05) is 13.8 Å². The zero-order valence-electron chi connectivity index (χ0n) is 9.43. The first-order valence-electron chi connectivity index (χ1n) is 5.29. The second kappa shape index (κ2) is 6.16. The van der Waals surface area contributed by atoms with E-state index >= 15 is 0 Å². The second-order valence-corrected chi connectivity index (χ2v) is 4.69. The van der Waals surface area contributed by atoms with Crippen molar-refractivity contribution in [1.29, 1.82) is 0 Å². The van der Waals surface area contributed by atoms with Crippen LogP contribution in [0.1, 0.15) is 19.4 Å². The van der Waals surface area contributed by atoms with Gasteiger partial charge in [0.1, 0.15) is 11.6 Å². The number of hydrogen-bond donors (Lipinski definition) is 1. The van der Waals surface area contributed by atoms with Crippen LogP contribution in [0.4, 0.5) is 8.78 Å². The topological polar surface area (TPSA) is 12.0 Å².